The monoisotopic (exact) mass is 396 g/mol. The fourth-order valence-electron chi connectivity index (χ4n) is 3.42. The van der Waals surface area contributed by atoms with Gasteiger partial charge in [0.25, 0.3) is 0 Å². The molecule has 7 nitrogen and oxygen atoms in total. The molecular formula is C22H32N6O. The van der Waals surface area contributed by atoms with E-state index in [9.17, 15) is 4.79 Å². The normalized spacial score (nSPS) is 15.9. The first kappa shape index (κ1) is 21.1. The van der Waals surface area contributed by atoms with Gasteiger partial charge in [0.05, 0.1) is 6.04 Å². The maximum atomic E-state index is 12.5. The van der Waals surface area contributed by atoms with Crippen LogP contribution in [0.3, 0.4) is 0 Å². The van der Waals surface area contributed by atoms with Gasteiger partial charge in [-0.25, -0.2) is 9.78 Å². The molecule has 1 unspecified atom stereocenters. The van der Waals surface area contributed by atoms with Crippen LogP contribution in [0.5, 0.6) is 0 Å². The number of carbonyl (C=O) groups is 1. The van der Waals surface area contributed by atoms with Gasteiger partial charge in [-0.05, 0) is 38.3 Å². The zero-order valence-corrected chi connectivity index (χ0v) is 17.6. The van der Waals surface area contributed by atoms with Crippen LogP contribution in [0.15, 0.2) is 48.7 Å². The average Bonchev–Trinajstić information content (AvgIpc) is 2.73. The minimum Gasteiger partial charge on any atom is -0.354 e. The van der Waals surface area contributed by atoms with Crippen molar-refractivity contribution in [2.24, 2.45) is 0 Å². The lowest BCUT2D eigenvalue weighted by atomic mass is 10.1. The Kier molecular flexibility index (Phi) is 7.43. The van der Waals surface area contributed by atoms with E-state index in [2.05, 4.69) is 37.4 Å². The van der Waals surface area contributed by atoms with E-state index in [0.29, 0.717) is 6.54 Å². The van der Waals surface area contributed by atoms with Gasteiger partial charge in [0.15, 0.2) is 0 Å². The fourth-order valence-corrected chi connectivity index (χ4v) is 3.42. The van der Waals surface area contributed by atoms with Gasteiger partial charge in [-0.2, -0.15) is 0 Å². The predicted molar refractivity (Wildman–Crippen MR) is 117 cm³/mol. The molecule has 0 bridgehead atoms. The topological polar surface area (TPSA) is 63.7 Å². The lowest BCUT2D eigenvalue weighted by Crippen LogP contribution is -2.44. The van der Waals surface area contributed by atoms with Crippen LogP contribution < -0.4 is 15.5 Å². The second-order valence-electron chi connectivity index (χ2n) is 7.87. The van der Waals surface area contributed by atoms with Gasteiger partial charge < -0.3 is 25.3 Å². The van der Waals surface area contributed by atoms with Gasteiger partial charge in [0.1, 0.15) is 5.82 Å². The Hall–Kier alpha value is -2.64. The van der Waals surface area contributed by atoms with Gasteiger partial charge in [0, 0.05) is 45.5 Å². The Morgan fingerprint density at radius 3 is 2.45 bits per heavy atom. The molecule has 2 N–H and O–H groups in total. The number of benzene rings is 1. The third kappa shape index (κ3) is 6.44. The number of aromatic nitrogens is 1. The van der Waals surface area contributed by atoms with E-state index in [1.165, 1.54) is 0 Å². The van der Waals surface area contributed by atoms with Crippen LogP contribution in [0, 0.1) is 0 Å². The Balaban J connectivity index is 1.51. The molecule has 1 aliphatic heterocycles. The third-order valence-electron chi connectivity index (χ3n) is 5.14. The highest BCUT2D eigenvalue weighted by Crippen LogP contribution is 2.15. The van der Waals surface area contributed by atoms with Crippen molar-refractivity contribution in [1.82, 2.24) is 25.4 Å². The molecule has 0 spiro atoms. The molecule has 0 saturated carbocycles. The van der Waals surface area contributed by atoms with Gasteiger partial charge in [-0.1, -0.05) is 36.4 Å². The number of carbonyl (C=O) groups excluding carboxylic acids is 1. The summed E-state index contributed by atoms with van der Waals surface area (Å²) in [5.74, 6) is 1.00. The largest absolute Gasteiger partial charge is 0.354 e. The molecule has 156 valence electrons. The third-order valence-corrected chi connectivity index (χ3v) is 5.14. The molecule has 29 heavy (non-hydrogen) atoms. The molecule has 0 radical (unpaired) electrons. The molecule has 1 aromatic carbocycles. The molecule has 3 rings (SSSR count). The molecule has 1 saturated heterocycles. The van der Waals surface area contributed by atoms with Gasteiger partial charge in [-0.3, -0.25) is 0 Å². The number of hydrogen-bond acceptors (Lipinski definition) is 5. The molecule has 1 fully saturated rings. The highest BCUT2D eigenvalue weighted by molar-refractivity contribution is 5.74. The quantitative estimate of drug-likeness (QED) is 0.749. The highest BCUT2D eigenvalue weighted by Gasteiger charge is 2.16. The summed E-state index contributed by atoms with van der Waals surface area (Å²) in [5.41, 5.74) is 2.08. The standard InChI is InChI=1S/C22H32N6O/c1-26(2)17-20(19-7-5-4-6-8-19)25-22(29)24-16-18-9-10-21(23-15-18)28-13-11-27(3)12-14-28/h4-10,15,20H,11-14,16-17H2,1-3H3,(H2,24,25,29). The molecular weight excluding hydrogens is 364 g/mol. The van der Waals surface area contributed by atoms with Crippen molar-refractivity contribution in [2.75, 3.05) is 58.8 Å². The molecule has 7 heteroatoms. The number of rotatable bonds is 7. The second kappa shape index (κ2) is 10.2. The summed E-state index contributed by atoms with van der Waals surface area (Å²) in [6, 6.07) is 13.9. The van der Waals surface area contributed by atoms with Crippen LogP contribution in [0.25, 0.3) is 0 Å². The number of piperazine rings is 1. The maximum absolute atomic E-state index is 12.5. The van der Waals surface area contributed by atoms with Crippen molar-refractivity contribution in [1.29, 1.82) is 0 Å². The van der Waals surface area contributed by atoms with Crippen molar-refractivity contribution in [3.63, 3.8) is 0 Å². The van der Waals surface area contributed by atoms with Gasteiger partial charge >= 0.3 is 6.03 Å². The number of urea groups is 1. The van der Waals surface area contributed by atoms with Crippen molar-refractivity contribution in [2.45, 2.75) is 12.6 Å². The molecule has 2 amide bonds. The van der Waals surface area contributed by atoms with Crippen LogP contribution in [-0.2, 0) is 6.54 Å². The minimum absolute atomic E-state index is 0.0658. The molecule has 1 aromatic heterocycles. The molecule has 2 aromatic rings. The van der Waals surface area contributed by atoms with E-state index in [0.717, 1.165) is 49.7 Å². The summed E-state index contributed by atoms with van der Waals surface area (Å²) in [4.78, 5) is 23.7. The van der Waals surface area contributed by atoms with E-state index in [-0.39, 0.29) is 12.1 Å². The summed E-state index contributed by atoms with van der Waals surface area (Å²) < 4.78 is 0. The Morgan fingerprint density at radius 2 is 1.83 bits per heavy atom. The van der Waals surface area contributed by atoms with E-state index in [1.807, 2.05) is 62.8 Å². The second-order valence-corrected chi connectivity index (χ2v) is 7.87. The summed E-state index contributed by atoms with van der Waals surface area (Å²) in [6.45, 7) is 5.29. The zero-order chi connectivity index (χ0) is 20.6. The van der Waals surface area contributed by atoms with Crippen LogP contribution in [0.2, 0.25) is 0 Å². The summed E-state index contributed by atoms with van der Waals surface area (Å²) in [5, 5.41) is 6.03. The van der Waals surface area contributed by atoms with Crippen molar-refractivity contribution < 1.29 is 4.79 Å². The fraction of sp³-hybridized carbons (Fsp3) is 0.455. The predicted octanol–water partition coefficient (Wildman–Crippen LogP) is 1.94. The lowest BCUT2D eigenvalue weighted by Gasteiger charge is -2.33. The average molecular weight is 397 g/mol. The molecule has 1 atom stereocenters. The SMILES string of the molecule is CN(C)CC(NC(=O)NCc1ccc(N2CCN(C)CC2)nc1)c1ccccc1. The Morgan fingerprint density at radius 1 is 1.10 bits per heavy atom. The van der Waals surface area contributed by atoms with Crippen molar-refractivity contribution in [3.8, 4) is 0 Å². The number of nitrogens with zero attached hydrogens (tertiary/aromatic N) is 4. The zero-order valence-electron chi connectivity index (χ0n) is 17.6. The molecule has 2 heterocycles. The first-order valence-corrected chi connectivity index (χ1v) is 10.1. The molecule has 1 aliphatic rings. The minimum atomic E-state index is -0.177. The number of pyridine rings is 1. The number of amides is 2. The number of likely N-dealkylation sites (N-methyl/N-ethyl adjacent to an activating group) is 2. The number of hydrogen-bond donors (Lipinski definition) is 2. The van der Waals surface area contributed by atoms with E-state index < -0.39 is 0 Å². The lowest BCUT2D eigenvalue weighted by molar-refractivity contribution is 0.232. The Labute approximate surface area is 173 Å². The van der Waals surface area contributed by atoms with Crippen molar-refractivity contribution in [3.05, 3.63) is 59.8 Å². The van der Waals surface area contributed by atoms with Gasteiger partial charge in [0.2, 0.25) is 0 Å². The summed E-state index contributed by atoms with van der Waals surface area (Å²) in [7, 11) is 6.15. The van der Waals surface area contributed by atoms with E-state index in [1.54, 1.807) is 0 Å². The van der Waals surface area contributed by atoms with E-state index in [4.69, 9.17) is 0 Å². The molecule has 0 aliphatic carbocycles. The van der Waals surface area contributed by atoms with Crippen LogP contribution in [-0.4, -0.2) is 74.7 Å². The summed E-state index contributed by atoms with van der Waals surface area (Å²) >= 11 is 0. The van der Waals surface area contributed by atoms with Crippen LogP contribution >= 0.6 is 0 Å². The number of anilines is 1. The van der Waals surface area contributed by atoms with E-state index >= 15 is 0 Å². The first-order valence-electron chi connectivity index (χ1n) is 10.1. The number of nitrogens with one attached hydrogen (secondary N) is 2. The Bertz CT molecular complexity index is 757. The smallest absolute Gasteiger partial charge is 0.315 e. The van der Waals surface area contributed by atoms with Crippen LogP contribution in [0.1, 0.15) is 17.2 Å². The summed E-state index contributed by atoms with van der Waals surface area (Å²) in [6.07, 6.45) is 1.85. The van der Waals surface area contributed by atoms with Crippen molar-refractivity contribution >= 4 is 11.8 Å². The van der Waals surface area contributed by atoms with Crippen LogP contribution in [0.4, 0.5) is 10.6 Å². The van der Waals surface area contributed by atoms with Gasteiger partial charge in [-0.15, -0.1) is 0 Å². The first-order chi connectivity index (χ1) is 14.0. The highest BCUT2D eigenvalue weighted by atomic mass is 16.2. The maximum Gasteiger partial charge on any atom is 0.315 e.